The van der Waals surface area contributed by atoms with Gasteiger partial charge < -0.3 is 33.2 Å². The van der Waals surface area contributed by atoms with E-state index in [-0.39, 0.29) is 37.4 Å². The van der Waals surface area contributed by atoms with Crippen LogP contribution in [0.2, 0.25) is 0 Å². The number of cyclic esters (lactones) is 2. The summed E-state index contributed by atoms with van der Waals surface area (Å²) < 4.78 is 41.7. The van der Waals surface area contributed by atoms with Crippen LogP contribution in [0, 0.1) is 16.7 Å². The van der Waals surface area contributed by atoms with E-state index < -0.39 is 64.5 Å². The van der Waals surface area contributed by atoms with Crippen LogP contribution >= 0.6 is 0 Å². The Morgan fingerprint density at radius 1 is 0.975 bits per heavy atom. The van der Waals surface area contributed by atoms with E-state index in [9.17, 15) is 19.2 Å². The summed E-state index contributed by atoms with van der Waals surface area (Å²) in [6.07, 6.45) is 4.62. The van der Waals surface area contributed by atoms with Gasteiger partial charge in [-0.3, -0.25) is 4.79 Å². The van der Waals surface area contributed by atoms with Crippen LogP contribution < -0.4 is 0 Å². The van der Waals surface area contributed by atoms with Gasteiger partial charge >= 0.3 is 23.9 Å². The monoisotopic (exact) mass is 560 g/mol. The number of epoxide rings is 2. The molecule has 4 heterocycles. The molecule has 0 aromatic heterocycles. The third kappa shape index (κ3) is 4.03. The maximum Gasteiger partial charge on any atom is 0.347 e. The molecular formula is C29H36O11. The van der Waals surface area contributed by atoms with Crippen molar-refractivity contribution in [1.82, 2.24) is 0 Å². The third-order valence-electron chi connectivity index (χ3n) is 10.3. The van der Waals surface area contributed by atoms with Gasteiger partial charge in [-0.05, 0) is 26.2 Å². The summed E-state index contributed by atoms with van der Waals surface area (Å²) in [5.74, 6) is -2.98. The molecule has 6 aliphatic rings. The van der Waals surface area contributed by atoms with E-state index in [2.05, 4.69) is 13.8 Å². The molecule has 0 radical (unpaired) electrons. The molecule has 2 bridgehead atoms. The minimum absolute atomic E-state index is 0.000405. The molecular weight excluding hydrogens is 524 g/mol. The molecule has 2 aliphatic carbocycles. The van der Waals surface area contributed by atoms with Crippen molar-refractivity contribution in [3.05, 3.63) is 24.3 Å². The molecule has 2 saturated carbocycles. The Morgan fingerprint density at radius 2 is 1.70 bits per heavy atom. The molecule has 2 spiro atoms. The fraction of sp³-hybridized carbons (Fsp3) is 0.724. The molecule has 11 heteroatoms. The zero-order chi connectivity index (χ0) is 28.5. The highest BCUT2D eigenvalue weighted by molar-refractivity contribution is 5.84. The number of rotatable bonds is 1. The second-order valence-corrected chi connectivity index (χ2v) is 12.4. The van der Waals surface area contributed by atoms with E-state index in [0.29, 0.717) is 25.9 Å². The number of carbonyl (C=O) groups is 4. The minimum Gasteiger partial charge on any atom is -0.463 e. The Hall–Kier alpha value is -2.76. The second kappa shape index (κ2) is 9.39. The van der Waals surface area contributed by atoms with Gasteiger partial charge in [-0.25, -0.2) is 14.4 Å². The molecule has 4 aliphatic heterocycles. The Kier molecular flexibility index (Phi) is 6.43. The summed E-state index contributed by atoms with van der Waals surface area (Å²) in [6, 6.07) is 0. The lowest BCUT2D eigenvalue weighted by molar-refractivity contribution is -0.253. The predicted octanol–water partition coefficient (Wildman–Crippen LogP) is 1.95. The standard InChI is InChI=1S/C29H36O11/c1-16-9-12-34-20(31)7-5-6-8-21(32)38-18-13-19-29(15-36-29)27(18,4)28(14-35-25(33)22(16)37-17(2)30)11-10-26(3)23(40-26)24(28)39-19/h5-8,16,18-19,22-24H,9-15H2,1-4H3/b7-5+,8-6?. The minimum atomic E-state index is -1.19. The molecule has 0 aromatic rings. The van der Waals surface area contributed by atoms with Crippen molar-refractivity contribution in [2.45, 2.75) is 95.1 Å². The van der Waals surface area contributed by atoms with E-state index in [0.717, 1.165) is 0 Å². The average Bonchev–Trinajstić information content (AvgIpc) is 3.81. The van der Waals surface area contributed by atoms with E-state index >= 15 is 0 Å². The first kappa shape index (κ1) is 27.4. The van der Waals surface area contributed by atoms with Crippen LogP contribution in [0.4, 0.5) is 0 Å². The van der Waals surface area contributed by atoms with E-state index in [1.165, 1.54) is 31.2 Å². The topological polar surface area (TPSA) is 139 Å². The SMILES string of the molecule is CC(=O)OC1C(=O)OCC23CCC4(C)OC4C2OC2CC(OC(=O)C=C/C=C/C(=O)OCCC1C)C3(C)C21CO1. The highest BCUT2D eigenvalue weighted by Gasteiger charge is 2.86. The quantitative estimate of drug-likeness (QED) is 0.264. The molecule has 3 saturated heterocycles. The average molecular weight is 561 g/mol. The van der Waals surface area contributed by atoms with Crippen LogP contribution in [-0.2, 0) is 52.3 Å². The number of ether oxygens (including phenoxy) is 7. The highest BCUT2D eigenvalue weighted by Crippen LogP contribution is 2.75. The smallest absolute Gasteiger partial charge is 0.347 e. The Labute approximate surface area is 232 Å². The molecule has 6 rings (SSSR count). The van der Waals surface area contributed by atoms with Crippen molar-refractivity contribution in [1.29, 1.82) is 0 Å². The van der Waals surface area contributed by atoms with Gasteiger partial charge in [-0.15, -0.1) is 0 Å². The fourth-order valence-electron chi connectivity index (χ4n) is 7.69. The van der Waals surface area contributed by atoms with Gasteiger partial charge in [0.25, 0.3) is 0 Å². The normalized spacial score (nSPS) is 48.9. The summed E-state index contributed by atoms with van der Waals surface area (Å²) in [6.45, 7) is 7.47. The first-order valence-electron chi connectivity index (χ1n) is 14.0. The summed E-state index contributed by atoms with van der Waals surface area (Å²) in [5.41, 5.74) is -2.53. The highest BCUT2D eigenvalue weighted by atomic mass is 16.7. The van der Waals surface area contributed by atoms with Gasteiger partial charge in [0, 0.05) is 36.8 Å². The van der Waals surface area contributed by atoms with E-state index in [1.807, 2.05) is 0 Å². The van der Waals surface area contributed by atoms with Crippen LogP contribution in [0.15, 0.2) is 24.3 Å². The van der Waals surface area contributed by atoms with Crippen molar-refractivity contribution in [2.75, 3.05) is 19.8 Å². The number of esters is 4. The summed E-state index contributed by atoms with van der Waals surface area (Å²) in [4.78, 5) is 50.4. The van der Waals surface area contributed by atoms with Crippen molar-refractivity contribution < 1.29 is 52.3 Å². The molecule has 5 fully saturated rings. The van der Waals surface area contributed by atoms with Gasteiger partial charge in [0.1, 0.15) is 24.4 Å². The van der Waals surface area contributed by atoms with Gasteiger partial charge in [0.05, 0.1) is 36.4 Å². The number of carbonyl (C=O) groups excluding carboxylic acids is 4. The van der Waals surface area contributed by atoms with Crippen molar-refractivity contribution >= 4 is 23.9 Å². The van der Waals surface area contributed by atoms with Crippen LogP contribution in [-0.4, -0.2) is 85.4 Å². The Bertz CT molecular complexity index is 1170. The van der Waals surface area contributed by atoms with Crippen molar-refractivity contribution in [3.8, 4) is 0 Å². The number of fused-ring (bicyclic) bond motifs is 2. The zero-order valence-electron chi connectivity index (χ0n) is 23.2. The maximum absolute atomic E-state index is 13.5. The first-order valence-corrected chi connectivity index (χ1v) is 14.0. The van der Waals surface area contributed by atoms with Crippen LogP contribution in [0.5, 0.6) is 0 Å². The summed E-state index contributed by atoms with van der Waals surface area (Å²) >= 11 is 0. The van der Waals surface area contributed by atoms with Crippen LogP contribution in [0.25, 0.3) is 0 Å². The predicted molar refractivity (Wildman–Crippen MR) is 134 cm³/mol. The number of hydrogen-bond acceptors (Lipinski definition) is 11. The van der Waals surface area contributed by atoms with Gasteiger partial charge in [-0.1, -0.05) is 26.0 Å². The zero-order valence-corrected chi connectivity index (χ0v) is 23.2. The summed E-state index contributed by atoms with van der Waals surface area (Å²) in [7, 11) is 0. The maximum atomic E-state index is 13.5. The lowest BCUT2D eigenvalue weighted by Gasteiger charge is -2.58. The van der Waals surface area contributed by atoms with E-state index in [4.69, 9.17) is 33.2 Å². The molecule has 40 heavy (non-hydrogen) atoms. The van der Waals surface area contributed by atoms with Gasteiger partial charge in [0.15, 0.2) is 0 Å². The fourth-order valence-corrected chi connectivity index (χ4v) is 7.69. The van der Waals surface area contributed by atoms with E-state index in [1.54, 1.807) is 6.92 Å². The van der Waals surface area contributed by atoms with Crippen molar-refractivity contribution in [3.63, 3.8) is 0 Å². The Balaban J connectivity index is 1.38. The van der Waals surface area contributed by atoms with Crippen molar-refractivity contribution in [2.24, 2.45) is 16.7 Å². The molecule has 11 nitrogen and oxygen atoms in total. The first-order chi connectivity index (χ1) is 19.0. The molecule has 0 amide bonds. The number of hydrogen-bond donors (Lipinski definition) is 0. The largest absolute Gasteiger partial charge is 0.463 e. The third-order valence-corrected chi connectivity index (χ3v) is 10.3. The number of allylic oxidation sites excluding steroid dienone is 2. The molecule has 218 valence electrons. The van der Waals surface area contributed by atoms with Crippen LogP contribution in [0.3, 0.4) is 0 Å². The van der Waals surface area contributed by atoms with Gasteiger partial charge in [-0.2, -0.15) is 0 Å². The second-order valence-electron chi connectivity index (χ2n) is 12.4. The van der Waals surface area contributed by atoms with Crippen LogP contribution in [0.1, 0.15) is 53.4 Å². The Morgan fingerprint density at radius 3 is 2.40 bits per heavy atom. The molecule has 10 unspecified atom stereocenters. The molecule has 0 aromatic carbocycles. The lowest BCUT2D eigenvalue weighted by Crippen LogP contribution is -2.69. The summed E-state index contributed by atoms with van der Waals surface area (Å²) in [5, 5.41) is 0. The molecule has 0 N–H and O–H groups in total. The molecule has 10 atom stereocenters. The van der Waals surface area contributed by atoms with Gasteiger partial charge in [0.2, 0.25) is 6.10 Å². The lowest BCUT2D eigenvalue weighted by atomic mass is 9.50.